The van der Waals surface area contributed by atoms with E-state index in [1.54, 1.807) is 5.43 Å². The van der Waals surface area contributed by atoms with Gasteiger partial charge in [-0.25, -0.2) is 17.5 Å². The summed E-state index contributed by atoms with van der Waals surface area (Å²) in [5, 5.41) is 4.30. The molecule has 2 atom stereocenters. The van der Waals surface area contributed by atoms with Crippen molar-refractivity contribution in [3.63, 3.8) is 0 Å². The molecule has 29 heavy (non-hydrogen) atoms. The van der Waals surface area contributed by atoms with Crippen LogP contribution in [0.1, 0.15) is 25.7 Å². The van der Waals surface area contributed by atoms with Crippen molar-refractivity contribution in [1.82, 2.24) is 26.9 Å². The fourth-order valence-corrected chi connectivity index (χ4v) is 2.50. The largest absolute Gasteiger partial charge is 0.344 e. The average Bonchev–Trinajstić information content (AvgIpc) is 2.65. The summed E-state index contributed by atoms with van der Waals surface area (Å²) >= 11 is 0. The Morgan fingerprint density at radius 2 is 1.17 bits per heavy atom. The van der Waals surface area contributed by atoms with Gasteiger partial charge in [0.05, 0.1) is 0 Å². The van der Waals surface area contributed by atoms with Crippen molar-refractivity contribution in [2.75, 3.05) is 6.16 Å². The zero-order valence-electron chi connectivity index (χ0n) is 15.2. The van der Waals surface area contributed by atoms with Gasteiger partial charge >= 0.3 is 7.60 Å². The van der Waals surface area contributed by atoms with Crippen molar-refractivity contribution in [1.29, 1.82) is 0 Å². The summed E-state index contributed by atoms with van der Waals surface area (Å²) in [6, 6.07) is -2.74. The molecule has 0 aliphatic carbocycles. The molecular weight excluding hydrogens is 415 g/mol. The van der Waals surface area contributed by atoms with E-state index in [1.165, 1.54) is 0 Å². The smallest absolute Gasteiger partial charge is 0.334 e. The van der Waals surface area contributed by atoms with Gasteiger partial charge in [0.1, 0.15) is 18.2 Å². The van der Waals surface area contributed by atoms with Crippen LogP contribution in [0.4, 0.5) is 0 Å². The maximum atomic E-state index is 12.5. The Kier molecular flexibility index (Phi) is 11.6. The molecule has 13 N–H and O–H groups in total. The lowest BCUT2D eigenvalue weighted by Gasteiger charge is -2.22. The van der Waals surface area contributed by atoms with Crippen LogP contribution < -0.4 is 44.4 Å². The van der Waals surface area contributed by atoms with Crippen LogP contribution in [0.15, 0.2) is 0 Å². The van der Waals surface area contributed by atoms with Crippen LogP contribution >= 0.6 is 7.60 Å². The summed E-state index contributed by atoms with van der Waals surface area (Å²) in [6.45, 7) is 0. The van der Waals surface area contributed by atoms with Gasteiger partial charge in [-0.1, -0.05) is 0 Å². The van der Waals surface area contributed by atoms with E-state index in [2.05, 4.69) is 10.6 Å². The monoisotopic (exact) mass is 440 g/mol. The van der Waals surface area contributed by atoms with Gasteiger partial charge in [-0.05, 0) is 12.8 Å². The van der Waals surface area contributed by atoms with Crippen molar-refractivity contribution in [2.24, 2.45) is 17.5 Å². The van der Waals surface area contributed by atoms with Gasteiger partial charge in [0.15, 0.2) is 0 Å². The first kappa shape index (κ1) is 26.4. The Morgan fingerprint density at radius 3 is 1.55 bits per heavy atom. The minimum Gasteiger partial charge on any atom is -0.344 e. The van der Waals surface area contributed by atoms with Crippen LogP contribution in [0.2, 0.25) is 0 Å². The van der Waals surface area contributed by atoms with E-state index in [-0.39, 0.29) is 25.7 Å². The van der Waals surface area contributed by atoms with Gasteiger partial charge in [0, 0.05) is 12.8 Å². The molecule has 0 spiro atoms. The number of hydrogen-bond acceptors (Lipinski definition) is 9. The van der Waals surface area contributed by atoms with E-state index in [0.717, 1.165) is 0 Å². The number of amides is 5. The Morgan fingerprint density at radius 1 is 0.724 bits per heavy atom. The second kappa shape index (κ2) is 12.8. The SMILES string of the molecule is NNC(=O)CC[C@H](NC(=O)CP(=O)(O)O)C(=O)N[C@@H](CCC(=O)NN)C(=O)NN. The van der Waals surface area contributed by atoms with Gasteiger partial charge in [0.2, 0.25) is 23.6 Å². The van der Waals surface area contributed by atoms with Crippen LogP contribution in [-0.2, 0) is 28.5 Å². The topological polar surface area (TPSA) is 281 Å². The molecule has 0 aliphatic rings. The van der Waals surface area contributed by atoms with Crippen LogP contribution in [0.3, 0.4) is 0 Å². The Labute approximate surface area is 164 Å². The molecule has 166 valence electrons. The molecule has 0 heterocycles. The summed E-state index contributed by atoms with van der Waals surface area (Å²) in [6.07, 6.45) is -2.27. The van der Waals surface area contributed by atoms with Gasteiger partial charge in [0.25, 0.3) is 5.91 Å². The third kappa shape index (κ3) is 11.7. The second-order valence-electron chi connectivity index (χ2n) is 5.73. The molecule has 16 nitrogen and oxygen atoms in total. The molecule has 0 aromatic heterocycles. The van der Waals surface area contributed by atoms with Gasteiger partial charge in [-0.15, -0.1) is 0 Å². The number of hydrazine groups is 3. The summed E-state index contributed by atoms with van der Waals surface area (Å²) in [5.74, 6) is 10.6. The summed E-state index contributed by atoms with van der Waals surface area (Å²) < 4.78 is 10.9. The lowest BCUT2D eigenvalue weighted by Crippen LogP contribution is -2.55. The standard InChI is InChI=1S/C12H25N8O8P/c13-18-8(21)3-1-6(16-10(23)5-29(26,27)28)11(24)17-7(12(25)20-15)2-4-9(22)19-14/h6-7H,1-5,13-15H2,(H,16,23)(H,17,24)(H,18,21)(H,19,22)(H,20,25)(H2,26,27,28)/t6-,7-/m0/s1. The van der Waals surface area contributed by atoms with Gasteiger partial charge in [-0.3, -0.25) is 44.8 Å². The van der Waals surface area contributed by atoms with Crippen molar-refractivity contribution in [2.45, 2.75) is 37.8 Å². The summed E-state index contributed by atoms with van der Waals surface area (Å²) in [4.78, 5) is 76.2. The normalized spacial score (nSPS) is 12.9. The van der Waals surface area contributed by atoms with Crippen molar-refractivity contribution >= 4 is 37.1 Å². The van der Waals surface area contributed by atoms with Crippen molar-refractivity contribution in [3.05, 3.63) is 0 Å². The molecule has 0 saturated carbocycles. The van der Waals surface area contributed by atoms with E-state index >= 15 is 0 Å². The van der Waals surface area contributed by atoms with E-state index < -0.39 is 55.4 Å². The summed E-state index contributed by atoms with van der Waals surface area (Å²) in [5.41, 5.74) is 5.45. The molecule has 0 fully saturated rings. The highest BCUT2D eigenvalue weighted by atomic mass is 31.2. The van der Waals surface area contributed by atoms with E-state index in [9.17, 15) is 28.5 Å². The zero-order chi connectivity index (χ0) is 22.6. The highest BCUT2D eigenvalue weighted by Gasteiger charge is 2.29. The predicted molar refractivity (Wildman–Crippen MR) is 96.2 cm³/mol. The van der Waals surface area contributed by atoms with Crippen LogP contribution in [0, 0.1) is 0 Å². The first-order chi connectivity index (χ1) is 13.4. The quantitative estimate of drug-likeness (QED) is 0.0591. The lowest BCUT2D eigenvalue weighted by atomic mass is 10.1. The number of nitrogens with one attached hydrogen (secondary N) is 5. The predicted octanol–water partition coefficient (Wildman–Crippen LogP) is -5.34. The first-order valence-electron chi connectivity index (χ1n) is 8.07. The number of rotatable bonds is 12. The minimum atomic E-state index is -4.71. The van der Waals surface area contributed by atoms with Gasteiger partial charge in [-0.2, -0.15) is 0 Å². The highest BCUT2D eigenvalue weighted by molar-refractivity contribution is 7.52. The third-order valence-corrected chi connectivity index (χ3v) is 4.12. The molecule has 0 rings (SSSR count). The Balaban J connectivity index is 5.26. The number of carbonyl (C=O) groups excluding carboxylic acids is 5. The number of nitrogens with two attached hydrogens (primary N) is 3. The third-order valence-electron chi connectivity index (χ3n) is 3.42. The van der Waals surface area contributed by atoms with E-state index in [0.29, 0.717) is 0 Å². The summed E-state index contributed by atoms with van der Waals surface area (Å²) in [7, 11) is -4.71. The molecule has 17 heteroatoms. The first-order valence-corrected chi connectivity index (χ1v) is 9.86. The van der Waals surface area contributed by atoms with E-state index in [1.807, 2.05) is 10.9 Å². The second-order valence-corrected chi connectivity index (χ2v) is 7.37. The molecule has 0 aliphatic heterocycles. The highest BCUT2D eigenvalue weighted by Crippen LogP contribution is 2.33. The van der Waals surface area contributed by atoms with Crippen LogP contribution in [0.5, 0.6) is 0 Å². The number of carbonyl (C=O) groups is 5. The molecule has 5 amide bonds. The maximum Gasteiger partial charge on any atom is 0.334 e. The Hall–Kier alpha value is -2.62. The average molecular weight is 440 g/mol. The van der Waals surface area contributed by atoms with Gasteiger partial charge < -0.3 is 20.4 Å². The molecule has 0 bridgehead atoms. The van der Waals surface area contributed by atoms with Crippen LogP contribution in [0.25, 0.3) is 0 Å². The Bertz CT molecular complexity index is 668. The zero-order valence-corrected chi connectivity index (χ0v) is 16.1. The molecule has 0 aromatic carbocycles. The number of hydrogen-bond donors (Lipinski definition) is 10. The molecule has 0 aromatic rings. The molecule has 0 saturated heterocycles. The minimum absolute atomic E-state index is 0.204. The fraction of sp³-hybridized carbons (Fsp3) is 0.583. The molecular formula is C12H25N8O8P. The van der Waals surface area contributed by atoms with Crippen molar-refractivity contribution in [3.8, 4) is 0 Å². The lowest BCUT2D eigenvalue weighted by molar-refractivity contribution is -0.132. The van der Waals surface area contributed by atoms with E-state index in [4.69, 9.17) is 27.3 Å². The maximum absolute atomic E-state index is 12.5. The van der Waals surface area contributed by atoms with Crippen molar-refractivity contribution < 1.29 is 38.3 Å². The fourth-order valence-electron chi connectivity index (χ4n) is 2.03. The van der Waals surface area contributed by atoms with Crippen LogP contribution in [-0.4, -0.2) is 57.6 Å². The molecule has 0 unspecified atom stereocenters. The molecule has 0 radical (unpaired) electrons.